The normalized spacial score (nSPS) is 11.1. The maximum atomic E-state index is 13.5. The Hall–Kier alpha value is -4.47. The van der Waals surface area contributed by atoms with E-state index < -0.39 is 11.9 Å². The highest BCUT2D eigenvalue weighted by atomic mass is 19.4. The number of carbonyl (C=O) groups is 1. The summed E-state index contributed by atoms with van der Waals surface area (Å²) < 4.78 is 45.6. The molecule has 0 radical (unpaired) electrons. The summed E-state index contributed by atoms with van der Waals surface area (Å²) >= 11 is 0. The third-order valence-electron chi connectivity index (χ3n) is 5.07. The van der Waals surface area contributed by atoms with Crippen molar-refractivity contribution in [3.05, 3.63) is 89.9 Å². The number of carbonyl (C=O) groups excluding carboxylic acids is 1. The molecule has 0 fully saturated rings. The molecule has 7 nitrogen and oxygen atoms in total. The molecule has 0 saturated carbocycles. The van der Waals surface area contributed by atoms with Crippen molar-refractivity contribution in [2.75, 3.05) is 17.7 Å². The third kappa shape index (κ3) is 5.72. The fourth-order valence-corrected chi connectivity index (χ4v) is 3.20. The minimum Gasteiger partial charge on any atom is -0.497 e. The van der Waals surface area contributed by atoms with Crippen molar-refractivity contribution in [2.45, 2.75) is 13.1 Å². The molecule has 4 aromatic rings. The summed E-state index contributed by atoms with van der Waals surface area (Å²) in [4.78, 5) is 24.4. The Balaban J connectivity index is 1.62. The molecular formula is C25H20F3N5O2. The first-order chi connectivity index (χ1) is 16.7. The average molecular weight is 479 g/mol. The van der Waals surface area contributed by atoms with E-state index in [1.165, 1.54) is 31.6 Å². The number of ether oxygens (including phenoxy) is 1. The lowest BCUT2D eigenvalue weighted by Gasteiger charge is -2.15. The zero-order valence-electron chi connectivity index (χ0n) is 18.7. The number of halogens is 3. The molecule has 2 heterocycles. The number of nitrogens with zero attached hydrogens (tertiary/aromatic N) is 3. The molecule has 4 rings (SSSR count). The standard InChI is InChI=1S/C25H20F3N5O2/c1-15-3-6-18(30-24(34)17-4-7-19(35-2)8-5-17)13-20(15)31-22-14-21(25(26,27)28)32-23(33-22)16-9-11-29-12-10-16/h3-14H,1-2H3,(H,30,34)(H,31,32,33). The molecule has 0 spiro atoms. The van der Waals surface area contributed by atoms with E-state index in [0.29, 0.717) is 28.3 Å². The van der Waals surface area contributed by atoms with Crippen LogP contribution < -0.4 is 15.4 Å². The number of hydrogen-bond acceptors (Lipinski definition) is 6. The number of aromatic nitrogens is 3. The van der Waals surface area contributed by atoms with Gasteiger partial charge < -0.3 is 15.4 Å². The minimum absolute atomic E-state index is 0.0409. The van der Waals surface area contributed by atoms with Gasteiger partial charge in [-0.25, -0.2) is 9.97 Å². The molecule has 2 aromatic heterocycles. The first kappa shape index (κ1) is 23.7. The van der Waals surface area contributed by atoms with Crippen LogP contribution in [0.3, 0.4) is 0 Å². The lowest BCUT2D eigenvalue weighted by Crippen LogP contribution is -2.12. The van der Waals surface area contributed by atoms with Crippen LogP contribution in [-0.4, -0.2) is 28.0 Å². The van der Waals surface area contributed by atoms with Crippen LogP contribution in [0, 0.1) is 6.92 Å². The van der Waals surface area contributed by atoms with Gasteiger partial charge in [0.2, 0.25) is 0 Å². The van der Waals surface area contributed by atoms with E-state index in [0.717, 1.165) is 11.6 Å². The van der Waals surface area contributed by atoms with Gasteiger partial charge in [0, 0.05) is 41.0 Å². The molecule has 0 aliphatic carbocycles. The Morgan fingerprint density at radius 2 is 1.66 bits per heavy atom. The van der Waals surface area contributed by atoms with Gasteiger partial charge in [-0.05, 0) is 61.0 Å². The lowest BCUT2D eigenvalue weighted by molar-refractivity contribution is -0.141. The second-order valence-electron chi connectivity index (χ2n) is 7.53. The van der Waals surface area contributed by atoms with E-state index >= 15 is 0 Å². The summed E-state index contributed by atoms with van der Waals surface area (Å²) in [6, 6.07) is 15.6. The number of alkyl halides is 3. The zero-order valence-corrected chi connectivity index (χ0v) is 18.7. The van der Waals surface area contributed by atoms with Crippen molar-refractivity contribution in [1.29, 1.82) is 0 Å². The highest BCUT2D eigenvalue weighted by Crippen LogP contribution is 2.32. The molecule has 0 saturated heterocycles. The van der Waals surface area contributed by atoms with Crippen LogP contribution >= 0.6 is 0 Å². The van der Waals surface area contributed by atoms with Crippen LogP contribution in [0.2, 0.25) is 0 Å². The van der Waals surface area contributed by atoms with Crippen molar-refractivity contribution >= 4 is 23.1 Å². The second-order valence-corrected chi connectivity index (χ2v) is 7.53. The lowest BCUT2D eigenvalue weighted by atomic mass is 10.1. The van der Waals surface area contributed by atoms with Gasteiger partial charge in [-0.1, -0.05) is 6.07 Å². The highest BCUT2D eigenvalue weighted by molar-refractivity contribution is 6.04. The van der Waals surface area contributed by atoms with E-state index in [1.807, 2.05) is 0 Å². The largest absolute Gasteiger partial charge is 0.497 e. The number of benzene rings is 2. The zero-order chi connectivity index (χ0) is 25.0. The van der Waals surface area contributed by atoms with Crippen LogP contribution in [0.1, 0.15) is 21.6 Å². The van der Waals surface area contributed by atoms with E-state index in [4.69, 9.17) is 4.74 Å². The fraction of sp³-hybridized carbons (Fsp3) is 0.120. The van der Waals surface area contributed by atoms with Gasteiger partial charge >= 0.3 is 6.18 Å². The van der Waals surface area contributed by atoms with E-state index in [1.54, 1.807) is 49.4 Å². The Morgan fingerprint density at radius 1 is 0.943 bits per heavy atom. The fourth-order valence-electron chi connectivity index (χ4n) is 3.20. The topological polar surface area (TPSA) is 89.0 Å². The molecule has 2 aromatic carbocycles. The molecule has 1 amide bonds. The van der Waals surface area contributed by atoms with Crippen LogP contribution in [0.4, 0.5) is 30.4 Å². The number of amides is 1. The third-order valence-corrected chi connectivity index (χ3v) is 5.07. The summed E-state index contributed by atoms with van der Waals surface area (Å²) in [6.45, 7) is 1.78. The van der Waals surface area contributed by atoms with E-state index in [-0.39, 0.29) is 17.5 Å². The highest BCUT2D eigenvalue weighted by Gasteiger charge is 2.34. The van der Waals surface area contributed by atoms with Crippen molar-refractivity contribution in [3.63, 3.8) is 0 Å². The van der Waals surface area contributed by atoms with Gasteiger partial charge in [-0.15, -0.1) is 0 Å². The Kier molecular flexibility index (Phi) is 6.63. The quantitative estimate of drug-likeness (QED) is 0.360. The SMILES string of the molecule is COc1ccc(C(=O)Nc2ccc(C)c(Nc3cc(C(F)(F)F)nc(-c4ccncc4)n3)c2)cc1. The molecular weight excluding hydrogens is 459 g/mol. The average Bonchev–Trinajstić information content (AvgIpc) is 2.86. The Morgan fingerprint density at radius 3 is 2.31 bits per heavy atom. The maximum absolute atomic E-state index is 13.5. The Bertz CT molecular complexity index is 1340. The van der Waals surface area contributed by atoms with Gasteiger partial charge in [-0.3, -0.25) is 9.78 Å². The summed E-state index contributed by atoms with van der Waals surface area (Å²) in [5.74, 6) is 0.147. The number of hydrogen-bond donors (Lipinski definition) is 2. The van der Waals surface area contributed by atoms with Gasteiger partial charge in [0.1, 0.15) is 11.6 Å². The van der Waals surface area contributed by atoms with Crippen molar-refractivity contribution in [1.82, 2.24) is 15.0 Å². The van der Waals surface area contributed by atoms with Gasteiger partial charge in [0.15, 0.2) is 11.5 Å². The first-order valence-corrected chi connectivity index (χ1v) is 10.4. The van der Waals surface area contributed by atoms with E-state index in [9.17, 15) is 18.0 Å². The van der Waals surface area contributed by atoms with Crippen LogP contribution in [0.5, 0.6) is 5.75 Å². The summed E-state index contributed by atoms with van der Waals surface area (Å²) in [5, 5.41) is 5.71. The van der Waals surface area contributed by atoms with Crippen LogP contribution in [-0.2, 0) is 6.18 Å². The monoisotopic (exact) mass is 479 g/mol. The number of aryl methyl sites for hydroxylation is 1. The molecule has 2 N–H and O–H groups in total. The van der Waals surface area contributed by atoms with Crippen LogP contribution in [0.15, 0.2) is 73.1 Å². The molecule has 10 heteroatoms. The van der Waals surface area contributed by atoms with Crippen molar-refractivity contribution in [3.8, 4) is 17.1 Å². The maximum Gasteiger partial charge on any atom is 0.433 e. The molecule has 35 heavy (non-hydrogen) atoms. The number of pyridine rings is 1. The Labute approximate surface area is 199 Å². The van der Waals surface area contributed by atoms with Crippen LogP contribution in [0.25, 0.3) is 11.4 Å². The number of anilines is 3. The van der Waals surface area contributed by atoms with Crippen molar-refractivity contribution in [2.24, 2.45) is 0 Å². The van der Waals surface area contributed by atoms with E-state index in [2.05, 4.69) is 25.6 Å². The molecule has 0 atom stereocenters. The van der Waals surface area contributed by atoms with Gasteiger partial charge in [0.05, 0.1) is 7.11 Å². The second kappa shape index (κ2) is 9.80. The summed E-state index contributed by atoms with van der Waals surface area (Å²) in [5.41, 5.74) is 1.41. The predicted molar refractivity (Wildman–Crippen MR) is 126 cm³/mol. The number of nitrogens with one attached hydrogen (secondary N) is 2. The first-order valence-electron chi connectivity index (χ1n) is 10.4. The van der Waals surface area contributed by atoms with Crippen molar-refractivity contribution < 1.29 is 22.7 Å². The predicted octanol–water partition coefficient (Wildman–Crippen LogP) is 5.87. The molecule has 0 aliphatic rings. The number of methoxy groups -OCH3 is 1. The number of rotatable bonds is 6. The molecule has 0 unspecified atom stereocenters. The molecule has 0 bridgehead atoms. The smallest absolute Gasteiger partial charge is 0.433 e. The van der Waals surface area contributed by atoms with Gasteiger partial charge in [0.25, 0.3) is 5.91 Å². The summed E-state index contributed by atoms with van der Waals surface area (Å²) in [7, 11) is 1.53. The summed E-state index contributed by atoms with van der Waals surface area (Å²) in [6.07, 6.45) is -1.76. The molecule has 0 aliphatic heterocycles. The molecule has 178 valence electrons. The minimum atomic E-state index is -4.66. The van der Waals surface area contributed by atoms with Gasteiger partial charge in [-0.2, -0.15) is 13.2 Å².